The summed E-state index contributed by atoms with van der Waals surface area (Å²) in [6.07, 6.45) is 1.21. The Balaban J connectivity index is 2.14. The predicted molar refractivity (Wildman–Crippen MR) is 85.8 cm³/mol. The van der Waals surface area contributed by atoms with Gasteiger partial charge in [-0.2, -0.15) is 4.98 Å². The first-order chi connectivity index (χ1) is 9.74. The van der Waals surface area contributed by atoms with E-state index in [9.17, 15) is 0 Å². The molecule has 2 aromatic rings. The lowest BCUT2D eigenvalue weighted by molar-refractivity contribution is 0.0855. The number of fused-ring (bicyclic) bond motifs is 1. The summed E-state index contributed by atoms with van der Waals surface area (Å²) in [4.78, 5) is 10.1. The molecule has 110 valence electrons. The summed E-state index contributed by atoms with van der Waals surface area (Å²) < 4.78 is 5.53. The Morgan fingerprint density at radius 2 is 2.15 bits per heavy atom. The highest BCUT2D eigenvalue weighted by molar-refractivity contribution is 7.16. The van der Waals surface area contributed by atoms with Crippen molar-refractivity contribution in [1.82, 2.24) is 9.97 Å². The average Bonchev–Trinajstić information content (AvgIpc) is 2.91. The number of anilines is 2. The third kappa shape index (κ3) is 3.80. The quantitative estimate of drug-likeness (QED) is 0.782. The fraction of sp³-hybridized carbons (Fsp3) is 0.571. The summed E-state index contributed by atoms with van der Waals surface area (Å²) in [6.45, 7) is 8.53. The summed E-state index contributed by atoms with van der Waals surface area (Å²) in [7, 11) is 0. The molecular formula is C14H22N4OS. The maximum absolute atomic E-state index is 5.53. The smallest absolute Gasteiger partial charge is 0.226 e. The molecule has 0 bridgehead atoms. The molecule has 0 aliphatic carbocycles. The number of hydrogen-bond acceptors (Lipinski definition) is 6. The van der Waals surface area contributed by atoms with Crippen LogP contribution in [0.1, 0.15) is 27.2 Å². The van der Waals surface area contributed by atoms with Gasteiger partial charge in [-0.1, -0.05) is 6.92 Å². The van der Waals surface area contributed by atoms with E-state index in [-0.39, 0.29) is 6.10 Å². The van der Waals surface area contributed by atoms with Crippen molar-refractivity contribution in [3.05, 3.63) is 11.4 Å². The second-order valence-corrected chi connectivity index (χ2v) is 5.50. The number of rotatable bonds is 8. The highest BCUT2D eigenvalue weighted by Crippen LogP contribution is 2.26. The molecule has 2 heterocycles. The van der Waals surface area contributed by atoms with Gasteiger partial charge >= 0.3 is 0 Å². The Labute approximate surface area is 123 Å². The van der Waals surface area contributed by atoms with Crippen LogP contribution in [0.15, 0.2) is 11.4 Å². The molecule has 5 nitrogen and oxygen atoms in total. The van der Waals surface area contributed by atoms with Crippen molar-refractivity contribution in [3.8, 4) is 0 Å². The molecule has 0 amide bonds. The normalized spacial score (nSPS) is 12.6. The van der Waals surface area contributed by atoms with E-state index in [1.807, 2.05) is 12.3 Å². The van der Waals surface area contributed by atoms with Crippen molar-refractivity contribution in [2.45, 2.75) is 33.3 Å². The summed E-state index contributed by atoms with van der Waals surface area (Å²) >= 11 is 1.63. The third-order valence-corrected chi connectivity index (χ3v) is 3.67. The molecule has 2 aromatic heterocycles. The summed E-state index contributed by atoms with van der Waals surface area (Å²) in [5.41, 5.74) is 0. The molecule has 1 unspecified atom stereocenters. The van der Waals surface area contributed by atoms with Crippen LogP contribution in [0.5, 0.6) is 0 Å². The Morgan fingerprint density at radius 1 is 1.30 bits per heavy atom. The first-order valence-electron chi connectivity index (χ1n) is 7.09. The largest absolute Gasteiger partial charge is 0.377 e. The lowest BCUT2D eigenvalue weighted by Crippen LogP contribution is -2.20. The molecule has 6 heteroatoms. The Morgan fingerprint density at radius 3 is 2.90 bits per heavy atom. The van der Waals surface area contributed by atoms with Gasteiger partial charge in [0, 0.05) is 19.7 Å². The van der Waals surface area contributed by atoms with Crippen molar-refractivity contribution in [3.63, 3.8) is 0 Å². The van der Waals surface area contributed by atoms with Gasteiger partial charge in [0.25, 0.3) is 0 Å². The van der Waals surface area contributed by atoms with Gasteiger partial charge in [-0.15, -0.1) is 11.3 Å². The molecule has 2 rings (SSSR count). The van der Waals surface area contributed by atoms with Gasteiger partial charge in [0.15, 0.2) is 0 Å². The zero-order valence-corrected chi connectivity index (χ0v) is 13.1. The first kappa shape index (κ1) is 15.0. The molecule has 0 spiro atoms. The average molecular weight is 294 g/mol. The van der Waals surface area contributed by atoms with Crippen molar-refractivity contribution < 1.29 is 4.74 Å². The van der Waals surface area contributed by atoms with E-state index < -0.39 is 0 Å². The van der Waals surface area contributed by atoms with Crippen LogP contribution >= 0.6 is 11.3 Å². The maximum Gasteiger partial charge on any atom is 0.226 e. The van der Waals surface area contributed by atoms with Crippen LogP contribution < -0.4 is 10.6 Å². The minimum atomic E-state index is 0.163. The van der Waals surface area contributed by atoms with E-state index in [1.54, 1.807) is 11.3 Å². The van der Waals surface area contributed by atoms with Crippen LogP contribution in [0.25, 0.3) is 10.2 Å². The Bertz CT molecular complexity index is 543. The first-order valence-corrected chi connectivity index (χ1v) is 7.97. The molecule has 0 aliphatic heterocycles. The predicted octanol–water partition coefficient (Wildman–Crippen LogP) is 3.35. The third-order valence-electron chi connectivity index (χ3n) is 2.87. The topological polar surface area (TPSA) is 59.1 Å². The van der Waals surface area contributed by atoms with Crippen molar-refractivity contribution in [2.75, 3.05) is 30.3 Å². The highest BCUT2D eigenvalue weighted by Gasteiger charge is 2.09. The van der Waals surface area contributed by atoms with Crippen LogP contribution in [0.2, 0.25) is 0 Å². The van der Waals surface area contributed by atoms with Gasteiger partial charge in [0.1, 0.15) is 10.6 Å². The Hall–Kier alpha value is -1.40. The lowest BCUT2D eigenvalue weighted by Gasteiger charge is -2.14. The van der Waals surface area contributed by atoms with Gasteiger partial charge in [-0.05, 0) is 31.7 Å². The van der Waals surface area contributed by atoms with Crippen molar-refractivity contribution >= 4 is 33.3 Å². The van der Waals surface area contributed by atoms with E-state index in [0.717, 1.165) is 42.2 Å². The Kier molecular flexibility index (Phi) is 5.55. The van der Waals surface area contributed by atoms with Crippen LogP contribution in [-0.2, 0) is 4.74 Å². The van der Waals surface area contributed by atoms with E-state index in [1.165, 1.54) is 0 Å². The molecule has 0 radical (unpaired) electrons. The van der Waals surface area contributed by atoms with Crippen molar-refractivity contribution in [1.29, 1.82) is 0 Å². The van der Waals surface area contributed by atoms with Crippen LogP contribution in [0, 0.1) is 0 Å². The molecule has 2 N–H and O–H groups in total. The van der Waals surface area contributed by atoms with Crippen LogP contribution in [0.4, 0.5) is 11.8 Å². The molecule has 0 aliphatic rings. The summed E-state index contributed by atoms with van der Waals surface area (Å²) in [6, 6.07) is 2.05. The number of nitrogens with one attached hydrogen (secondary N) is 2. The monoisotopic (exact) mass is 294 g/mol. The van der Waals surface area contributed by atoms with E-state index in [0.29, 0.717) is 5.95 Å². The van der Waals surface area contributed by atoms with Gasteiger partial charge in [-0.25, -0.2) is 4.98 Å². The number of nitrogens with zero attached hydrogens (tertiary/aromatic N) is 2. The van der Waals surface area contributed by atoms with Crippen molar-refractivity contribution in [2.24, 2.45) is 0 Å². The van der Waals surface area contributed by atoms with Gasteiger partial charge in [-0.3, -0.25) is 0 Å². The molecule has 0 saturated heterocycles. The minimum Gasteiger partial charge on any atom is -0.377 e. The lowest BCUT2D eigenvalue weighted by atomic mass is 10.3. The molecule has 0 fully saturated rings. The number of aromatic nitrogens is 2. The minimum absolute atomic E-state index is 0.163. The number of ether oxygens (including phenoxy) is 1. The highest BCUT2D eigenvalue weighted by atomic mass is 32.1. The molecule has 0 saturated carbocycles. The summed E-state index contributed by atoms with van der Waals surface area (Å²) in [5, 5.41) is 9.72. The zero-order valence-electron chi connectivity index (χ0n) is 12.3. The van der Waals surface area contributed by atoms with Crippen LogP contribution in [0.3, 0.4) is 0 Å². The SMILES string of the molecule is CCCNc1nc(NCC(C)OCC)c2ccsc2n1. The fourth-order valence-electron chi connectivity index (χ4n) is 1.89. The number of hydrogen-bond donors (Lipinski definition) is 2. The van der Waals surface area contributed by atoms with E-state index in [4.69, 9.17) is 4.74 Å². The molecular weight excluding hydrogens is 272 g/mol. The van der Waals surface area contributed by atoms with Gasteiger partial charge in [0.2, 0.25) is 5.95 Å². The molecule has 20 heavy (non-hydrogen) atoms. The second-order valence-electron chi connectivity index (χ2n) is 4.61. The van der Waals surface area contributed by atoms with Crippen LogP contribution in [-0.4, -0.2) is 35.8 Å². The second kappa shape index (κ2) is 7.40. The fourth-order valence-corrected chi connectivity index (χ4v) is 2.65. The number of thiophene rings is 1. The standard InChI is InChI=1S/C14H22N4OS/c1-4-7-15-14-17-12(16-9-10(3)19-5-2)11-6-8-20-13(11)18-14/h6,8,10H,4-5,7,9H2,1-3H3,(H2,15,16,17,18). The zero-order chi connectivity index (χ0) is 14.4. The van der Waals surface area contributed by atoms with Gasteiger partial charge in [0.05, 0.1) is 11.5 Å². The van der Waals surface area contributed by atoms with E-state index >= 15 is 0 Å². The summed E-state index contributed by atoms with van der Waals surface area (Å²) in [5.74, 6) is 1.56. The molecule has 0 aromatic carbocycles. The maximum atomic E-state index is 5.53. The molecule has 1 atom stereocenters. The van der Waals surface area contributed by atoms with E-state index in [2.05, 4.69) is 40.5 Å². The van der Waals surface area contributed by atoms with Gasteiger partial charge < -0.3 is 15.4 Å².